The van der Waals surface area contributed by atoms with E-state index in [0.29, 0.717) is 0 Å². The Labute approximate surface area is 188 Å². The summed E-state index contributed by atoms with van der Waals surface area (Å²) in [5.74, 6) is 3.21. The highest BCUT2D eigenvalue weighted by Gasteiger charge is 2.41. The lowest BCUT2D eigenvalue weighted by molar-refractivity contribution is -0.0190. The summed E-state index contributed by atoms with van der Waals surface area (Å²) in [6.07, 6.45) is 0.446. The van der Waals surface area contributed by atoms with Crippen LogP contribution in [0.4, 0.5) is 0 Å². The molecular weight excluding hydrogens is 460 g/mol. The van der Waals surface area contributed by atoms with Crippen LogP contribution in [0.2, 0.25) is 0 Å². The van der Waals surface area contributed by atoms with Crippen molar-refractivity contribution in [2.75, 3.05) is 13.9 Å². The SMILES string of the molecule is COc1ccc([C@@H]2Oc3ccccc3[C@@H]3CC(c4ccc5c(c4)OCO5)=NN32)cc1Br. The maximum absolute atomic E-state index is 6.43. The minimum Gasteiger partial charge on any atom is -0.496 e. The number of hydrogen-bond acceptors (Lipinski definition) is 6. The summed E-state index contributed by atoms with van der Waals surface area (Å²) in [5.41, 5.74) is 4.18. The van der Waals surface area contributed by atoms with E-state index < -0.39 is 0 Å². The second kappa shape index (κ2) is 7.20. The molecule has 156 valence electrons. The van der Waals surface area contributed by atoms with Crippen LogP contribution in [0.1, 0.15) is 35.4 Å². The van der Waals surface area contributed by atoms with Crippen molar-refractivity contribution < 1.29 is 18.9 Å². The molecular formula is C24H19BrN2O4. The monoisotopic (exact) mass is 478 g/mol. The molecule has 2 atom stereocenters. The number of rotatable bonds is 3. The van der Waals surface area contributed by atoms with Gasteiger partial charge in [-0.3, -0.25) is 0 Å². The molecule has 0 fully saturated rings. The lowest BCUT2D eigenvalue weighted by Gasteiger charge is -2.38. The first-order chi connectivity index (χ1) is 15.2. The summed E-state index contributed by atoms with van der Waals surface area (Å²) in [4.78, 5) is 0. The number of fused-ring (bicyclic) bond motifs is 4. The first kappa shape index (κ1) is 18.6. The van der Waals surface area contributed by atoms with Crippen LogP contribution in [0, 0.1) is 0 Å². The van der Waals surface area contributed by atoms with E-state index in [1.807, 2.05) is 54.6 Å². The third kappa shape index (κ3) is 3.03. The van der Waals surface area contributed by atoms with Gasteiger partial charge < -0.3 is 18.9 Å². The Morgan fingerprint density at radius 2 is 1.87 bits per heavy atom. The molecule has 31 heavy (non-hydrogen) atoms. The van der Waals surface area contributed by atoms with Crippen LogP contribution in [0.25, 0.3) is 0 Å². The van der Waals surface area contributed by atoms with Crippen LogP contribution >= 0.6 is 15.9 Å². The average Bonchev–Trinajstić information content (AvgIpc) is 3.45. The summed E-state index contributed by atoms with van der Waals surface area (Å²) in [7, 11) is 1.66. The summed E-state index contributed by atoms with van der Waals surface area (Å²) in [5, 5.41) is 7.08. The number of methoxy groups -OCH3 is 1. The molecule has 3 aromatic carbocycles. The van der Waals surface area contributed by atoms with Crippen molar-refractivity contribution >= 4 is 21.6 Å². The molecule has 3 aliphatic rings. The Bertz CT molecular complexity index is 1210. The number of nitrogens with zero attached hydrogens (tertiary/aromatic N) is 2. The third-order valence-corrected chi connectivity index (χ3v) is 6.49. The van der Waals surface area contributed by atoms with E-state index >= 15 is 0 Å². The van der Waals surface area contributed by atoms with Gasteiger partial charge in [-0.25, -0.2) is 5.01 Å². The smallest absolute Gasteiger partial charge is 0.231 e. The molecule has 0 bridgehead atoms. The van der Waals surface area contributed by atoms with Gasteiger partial charge in [-0.15, -0.1) is 0 Å². The zero-order chi connectivity index (χ0) is 20.9. The fourth-order valence-corrected chi connectivity index (χ4v) is 4.90. The van der Waals surface area contributed by atoms with E-state index in [4.69, 9.17) is 24.0 Å². The summed E-state index contributed by atoms with van der Waals surface area (Å²) in [6.45, 7) is 0.260. The van der Waals surface area contributed by atoms with E-state index in [2.05, 4.69) is 27.0 Å². The van der Waals surface area contributed by atoms with Crippen LogP contribution in [-0.2, 0) is 0 Å². The third-order valence-electron chi connectivity index (χ3n) is 5.87. The number of benzene rings is 3. The highest BCUT2D eigenvalue weighted by atomic mass is 79.9. The summed E-state index contributed by atoms with van der Waals surface area (Å²) < 4.78 is 23.7. The first-order valence-corrected chi connectivity index (χ1v) is 10.9. The minimum atomic E-state index is -0.339. The highest BCUT2D eigenvalue weighted by molar-refractivity contribution is 9.10. The molecule has 3 heterocycles. The van der Waals surface area contributed by atoms with Gasteiger partial charge in [-0.2, -0.15) is 5.10 Å². The van der Waals surface area contributed by atoms with Crippen LogP contribution in [0.15, 0.2) is 70.2 Å². The van der Waals surface area contributed by atoms with Crippen molar-refractivity contribution in [1.29, 1.82) is 0 Å². The first-order valence-electron chi connectivity index (χ1n) is 10.1. The molecule has 3 aromatic rings. The number of halogens is 1. The van der Waals surface area contributed by atoms with Crippen LogP contribution < -0.4 is 18.9 Å². The van der Waals surface area contributed by atoms with Gasteiger partial charge in [0.2, 0.25) is 13.0 Å². The predicted molar refractivity (Wildman–Crippen MR) is 119 cm³/mol. The van der Waals surface area contributed by atoms with Crippen LogP contribution in [0.3, 0.4) is 0 Å². The van der Waals surface area contributed by atoms with E-state index in [0.717, 1.165) is 56.3 Å². The number of para-hydroxylation sites is 1. The molecule has 0 amide bonds. The molecule has 3 aliphatic heterocycles. The van der Waals surface area contributed by atoms with E-state index in [-0.39, 0.29) is 19.1 Å². The molecule has 6 rings (SSSR count). The van der Waals surface area contributed by atoms with Gasteiger partial charge in [0.15, 0.2) is 11.5 Å². The minimum absolute atomic E-state index is 0.0938. The quantitative estimate of drug-likeness (QED) is 0.502. The van der Waals surface area contributed by atoms with E-state index in [9.17, 15) is 0 Å². The van der Waals surface area contributed by atoms with Gasteiger partial charge >= 0.3 is 0 Å². The second-order valence-electron chi connectivity index (χ2n) is 7.62. The molecule has 0 saturated carbocycles. The Hall–Kier alpha value is -3.19. The Balaban J connectivity index is 1.42. The topological polar surface area (TPSA) is 52.5 Å². The van der Waals surface area contributed by atoms with Crippen LogP contribution in [-0.4, -0.2) is 24.6 Å². The Kier molecular flexibility index (Phi) is 4.31. The van der Waals surface area contributed by atoms with Gasteiger partial charge in [0.1, 0.15) is 11.5 Å². The van der Waals surface area contributed by atoms with Crippen LogP contribution in [0.5, 0.6) is 23.0 Å². The molecule has 0 aliphatic carbocycles. The zero-order valence-electron chi connectivity index (χ0n) is 16.7. The lowest BCUT2D eigenvalue weighted by atomic mass is 9.96. The molecule has 0 unspecified atom stereocenters. The average molecular weight is 479 g/mol. The fraction of sp³-hybridized carbons (Fsp3) is 0.208. The Morgan fingerprint density at radius 1 is 1.00 bits per heavy atom. The number of ether oxygens (including phenoxy) is 4. The lowest BCUT2D eigenvalue weighted by Crippen LogP contribution is -2.33. The molecule has 0 spiro atoms. The van der Waals surface area contributed by atoms with Gasteiger partial charge in [0.25, 0.3) is 0 Å². The van der Waals surface area contributed by atoms with Crippen molar-refractivity contribution in [3.05, 3.63) is 81.8 Å². The van der Waals surface area contributed by atoms with Crippen molar-refractivity contribution in [2.45, 2.75) is 18.7 Å². The zero-order valence-corrected chi connectivity index (χ0v) is 18.3. The van der Waals surface area contributed by atoms with Gasteiger partial charge in [0.05, 0.1) is 23.3 Å². The van der Waals surface area contributed by atoms with Crippen molar-refractivity contribution in [2.24, 2.45) is 5.10 Å². The molecule has 0 aromatic heterocycles. The largest absolute Gasteiger partial charge is 0.496 e. The van der Waals surface area contributed by atoms with E-state index in [1.165, 1.54) is 0 Å². The predicted octanol–water partition coefficient (Wildman–Crippen LogP) is 5.43. The number of hydrazone groups is 1. The standard InChI is InChI=1S/C24H19BrN2O4/c1-28-21-8-7-15(10-17(21)25)24-27-19(16-4-2-3-5-20(16)31-24)12-18(26-27)14-6-9-22-23(11-14)30-13-29-22/h2-11,19,24H,12-13H2,1H3/t19-,24-/m0/s1. The normalized spacial score (nSPS) is 20.6. The van der Waals surface area contributed by atoms with Crippen molar-refractivity contribution in [3.8, 4) is 23.0 Å². The van der Waals surface area contributed by atoms with Crippen molar-refractivity contribution in [1.82, 2.24) is 5.01 Å². The molecule has 0 N–H and O–H groups in total. The molecule has 6 nitrogen and oxygen atoms in total. The summed E-state index contributed by atoms with van der Waals surface area (Å²) in [6, 6.07) is 20.3. The van der Waals surface area contributed by atoms with Gasteiger partial charge in [-0.05, 0) is 58.4 Å². The maximum atomic E-state index is 6.43. The Morgan fingerprint density at radius 3 is 2.74 bits per heavy atom. The molecule has 7 heteroatoms. The highest BCUT2D eigenvalue weighted by Crippen LogP contribution is 2.48. The van der Waals surface area contributed by atoms with Crippen molar-refractivity contribution in [3.63, 3.8) is 0 Å². The van der Waals surface area contributed by atoms with Gasteiger partial charge in [0, 0.05) is 23.1 Å². The fourth-order valence-electron chi connectivity index (χ4n) is 4.34. The summed E-state index contributed by atoms with van der Waals surface area (Å²) >= 11 is 3.59. The second-order valence-corrected chi connectivity index (χ2v) is 8.47. The molecule has 0 saturated heterocycles. The van der Waals surface area contributed by atoms with Gasteiger partial charge in [-0.1, -0.05) is 18.2 Å². The maximum Gasteiger partial charge on any atom is 0.231 e. The van der Waals surface area contributed by atoms with E-state index in [1.54, 1.807) is 7.11 Å². The number of hydrogen-bond donors (Lipinski definition) is 0. The molecule has 0 radical (unpaired) electrons.